The highest BCUT2D eigenvalue weighted by atomic mass is 35.5. The number of carbonyl (C=O) groups is 1. The summed E-state index contributed by atoms with van der Waals surface area (Å²) in [6, 6.07) is 7.54. The molecule has 9 heteroatoms. The number of nitrogens with one attached hydrogen (secondary N) is 2. The van der Waals surface area contributed by atoms with Crippen molar-refractivity contribution in [2.24, 2.45) is 5.92 Å². The summed E-state index contributed by atoms with van der Waals surface area (Å²) in [6.07, 6.45) is 3.60. The number of rotatable bonds is 5. The molecule has 1 amide bonds. The Balaban J connectivity index is 1.83. The summed E-state index contributed by atoms with van der Waals surface area (Å²) in [6.45, 7) is 1.98. The smallest absolute Gasteiger partial charge is 0.255 e. The molecule has 0 heterocycles. The summed E-state index contributed by atoms with van der Waals surface area (Å²) < 4.78 is 42.5. The minimum Gasteiger partial charge on any atom is -0.322 e. The van der Waals surface area contributed by atoms with E-state index in [2.05, 4.69) is 10.0 Å². The minimum absolute atomic E-state index is 0.00883. The monoisotopic (exact) mass is 458 g/mol. The molecule has 0 radical (unpaired) electrons. The van der Waals surface area contributed by atoms with Crippen LogP contribution in [-0.2, 0) is 10.0 Å². The van der Waals surface area contributed by atoms with Gasteiger partial charge in [-0.05, 0) is 55.2 Å². The molecular formula is C20H21Cl2FN2O3S. The van der Waals surface area contributed by atoms with Gasteiger partial charge in [-0.2, -0.15) is 0 Å². The van der Waals surface area contributed by atoms with E-state index in [0.717, 1.165) is 31.4 Å². The van der Waals surface area contributed by atoms with Crippen molar-refractivity contribution in [1.29, 1.82) is 0 Å². The molecule has 0 spiro atoms. The van der Waals surface area contributed by atoms with Gasteiger partial charge in [-0.3, -0.25) is 4.79 Å². The number of amides is 1. The van der Waals surface area contributed by atoms with E-state index in [1.54, 1.807) is 6.07 Å². The van der Waals surface area contributed by atoms with E-state index in [-0.39, 0.29) is 22.5 Å². The maximum Gasteiger partial charge on any atom is 0.255 e. The fourth-order valence-electron chi connectivity index (χ4n) is 3.38. The number of halogens is 3. The third-order valence-corrected chi connectivity index (χ3v) is 7.32. The fourth-order valence-corrected chi connectivity index (χ4v) is 5.16. The van der Waals surface area contributed by atoms with Crippen LogP contribution in [0, 0.1) is 11.7 Å². The first-order valence-corrected chi connectivity index (χ1v) is 11.5. The summed E-state index contributed by atoms with van der Waals surface area (Å²) >= 11 is 11.8. The first-order valence-electron chi connectivity index (χ1n) is 9.25. The lowest BCUT2D eigenvalue weighted by molar-refractivity contribution is 0.102. The molecule has 2 atom stereocenters. The van der Waals surface area contributed by atoms with Gasteiger partial charge in [0.1, 0.15) is 10.7 Å². The average molecular weight is 459 g/mol. The lowest BCUT2D eigenvalue weighted by Crippen LogP contribution is -2.41. The summed E-state index contributed by atoms with van der Waals surface area (Å²) in [5.41, 5.74) is 0.391. The number of benzene rings is 2. The SMILES string of the molecule is C[C@H]1CCCC[C@H]1NS(=O)(=O)c1cc(C(=O)Nc2ccc(Cl)c(Cl)c2)ccc1F. The van der Waals surface area contributed by atoms with Crippen molar-refractivity contribution in [3.05, 3.63) is 57.8 Å². The van der Waals surface area contributed by atoms with Crippen molar-refractivity contribution in [2.75, 3.05) is 5.32 Å². The van der Waals surface area contributed by atoms with Crippen LogP contribution >= 0.6 is 23.2 Å². The summed E-state index contributed by atoms with van der Waals surface area (Å²) in [7, 11) is -4.11. The number of carbonyl (C=O) groups excluding carboxylic acids is 1. The Morgan fingerprint density at radius 3 is 2.48 bits per heavy atom. The molecule has 2 aromatic rings. The van der Waals surface area contributed by atoms with Crippen LogP contribution in [0.1, 0.15) is 43.0 Å². The topological polar surface area (TPSA) is 75.3 Å². The van der Waals surface area contributed by atoms with Gasteiger partial charge in [0.15, 0.2) is 0 Å². The number of sulfonamides is 1. The molecule has 2 aromatic carbocycles. The van der Waals surface area contributed by atoms with Crippen LogP contribution in [0.5, 0.6) is 0 Å². The lowest BCUT2D eigenvalue weighted by atomic mass is 9.87. The van der Waals surface area contributed by atoms with Gasteiger partial charge in [0, 0.05) is 17.3 Å². The first kappa shape index (κ1) is 22.0. The van der Waals surface area contributed by atoms with Crippen molar-refractivity contribution >= 4 is 44.8 Å². The molecular weight excluding hydrogens is 438 g/mol. The zero-order valence-corrected chi connectivity index (χ0v) is 18.0. The van der Waals surface area contributed by atoms with Crippen LogP contribution in [0.25, 0.3) is 0 Å². The predicted molar refractivity (Wildman–Crippen MR) is 113 cm³/mol. The molecule has 0 aliphatic heterocycles. The molecule has 0 bridgehead atoms. The molecule has 29 heavy (non-hydrogen) atoms. The Kier molecular flexibility index (Phi) is 6.83. The first-order chi connectivity index (χ1) is 13.7. The molecule has 0 aromatic heterocycles. The molecule has 3 rings (SSSR count). The van der Waals surface area contributed by atoms with E-state index in [4.69, 9.17) is 23.2 Å². The zero-order chi connectivity index (χ0) is 21.2. The van der Waals surface area contributed by atoms with Gasteiger partial charge >= 0.3 is 0 Å². The Labute approximate surface area is 179 Å². The van der Waals surface area contributed by atoms with E-state index in [0.29, 0.717) is 17.1 Å². The van der Waals surface area contributed by atoms with Crippen molar-refractivity contribution in [3.8, 4) is 0 Å². The van der Waals surface area contributed by atoms with Crippen LogP contribution in [0.2, 0.25) is 10.0 Å². The van der Waals surface area contributed by atoms with Gasteiger partial charge < -0.3 is 5.32 Å². The largest absolute Gasteiger partial charge is 0.322 e. The van der Waals surface area contributed by atoms with Gasteiger partial charge in [-0.25, -0.2) is 17.5 Å². The average Bonchev–Trinajstić information content (AvgIpc) is 2.66. The summed E-state index contributed by atoms with van der Waals surface area (Å²) in [4.78, 5) is 12.0. The molecule has 2 N–H and O–H groups in total. The Bertz CT molecular complexity index is 1030. The van der Waals surface area contributed by atoms with E-state index >= 15 is 0 Å². The van der Waals surface area contributed by atoms with Crippen LogP contribution in [0.3, 0.4) is 0 Å². The van der Waals surface area contributed by atoms with Crippen molar-refractivity contribution in [2.45, 2.75) is 43.5 Å². The van der Waals surface area contributed by atoms with Crippen molar-refractivity contribution < 1.29 is 17.6 Å². The van der Waals surface area contributed by atoms with Gasteiger partial charge in [-0.1, -0.05) is 43.0 Å². The van der Waals surface area contributed by atoms with E-state index in [9.17, 15) is 17.6 Å². The maximum absolute atomic E-state index is 14.3. The standard InChI is InChI=1S/C20H21Cl2FN2O3S/c1-12-4-2-3-5-18(12)25-29(27,28)19-10-13(6-9-17(19)23)20(26)24-14-7-8-15(21)16(22)11-14/h6-12,18,25H,2-5H2,1H3,(H,24,26)/t12-,18+/m0/s1. The molecule has 0 saturated heterocycles. The second-order valence-corrected chi connectivity index (χ2v) is 9.71. The van der Waals surface area contributed by atoms with Gasteiger partial charge in [0.05, 0.1) is 10.0 Å². The molecule has 5 nitrogen and oxygen atoms in total. The van der Waals surface area contributed by atoms with Gasteiger partial charge in [0.2, 0.25) is 10.0 Å². The van der Waals surface area contributed by atoms with Crippen LogP contribution in [0.15, 0.2) is 41.3 Å². The highest BCUT2D eigenvalue weighted by Crippen LogP contribution is 2.27. The van der Waals surface area contributed by atoms with Crippen LogP contribution < -0.4 is 10.0 Å². The third-order valence-electron chi connectivity index (χ3n) is 5.08. The molecule has 0 unspecified atom stereocenters. The third kappa shape index (κ3) is 5.28. The number of hydrogen-bond donors (Lipinski definition) is 2. The highest BCUT2D eigenvalue weighted by Gasteiger charge is 2.29. The normalized spacial score (nSPS) is 19.7. The predicted octanol–water partition coefficient (Wildman–Crippen LogP) is 5.24. The Morgan fingerprint density at radius 1 is 1.07 bits per heavy atom. The molecule has 1 fully saturated rings. The Hall–Kier alpha value is -1.67. The quantitative estimate of drug-likeness (QED) is 0.642. The molecule has 156 valence electrons. The van der Waals surface area contributed by atoms with Crippen LogP contribution in [0.4, 0.5) is 10.1 Å². The highest BCUT2D eigenvalue weighted by molar-refractivity contribution is 7.89. The van der Waals surface area contributed by atoms with Crippen molar-refractivity contribution in [1.82, 2.24) is 4.72 Å². The van der Waals surface area contributed by atoms with Crippen LogP contribution in [-0.4, -0.2) is 20.4 Å². The maximum atomic E-state index is 14.3. The lowest BCUT2D eigenvalue weighted by Gasteiger charge is -2.29. The zero-order valence-electron chi connectivity index (χ0n) is 15.7. The molecule has 1 saturated carbocycles. The minimum atomic E-state index is -4.11. The number of hydrogen-bond acceptors (Lipinski definition) is 3. The van der Waals surface area contributed by atoms with Crippen molar-refractivity contribution in [3.63, 3.8) is 0 Å². The van der Waals surface area contributed by atoms with E-state index in [1.165, 1.54) is 18.2 Å². The summed E-state index contributed by atoms with van der Waals surface area (Å²) in [5, 5.41) is 3.19. The Morgan fingerprint density at radius 2 is 1.79 bits per heavy atom. The van der Waals surface area contributed by atoms with E-state index < -0.39 is 26.6 Å². The molecule has 1 aliphatic carbocycles. The second kappa shape index (κ2) is 9.00. The molecule has 1 aliphatic rings. The summed E-state index contributed by atoms with van der Waals surface area (Å²) in [5.74, 6) is -1.33. The van der Waals surface area contributed by atoms with Gasteiger partial charge in [0.25, 0.3) is 5.91 Å². The van der Waals surface area contributed by atoms with Gasteiger partial charge in [-0.15, -0.1) is 0 Å². The second-order valence-electron chi connectivity index (χ2n) is 7.22. The fraction of sp³-hybridized carbons (Fsp3) is 0.350. The van der Waals surface area contributed by atoms with E-state index in [1.807, 2.05) is 6.92 Å². The number of anilines is 1.